The number of likely N-dealkylation sites (tertiary alicyclic amines) is 1. The lowest BCUT2D eigenvalue weighted by Crippen LogP contribution is -2.47. The average Bonchev–Trinajstić information content (AvgIpc) is 3.08. The molecule has 0 aromatic heterocycles. The number of hydrogen-bond acceptors (Lipinski definition) is 6. The highest BCUT2D eigenvalue weighted by Gasteiger charge is 2.29. The van der Waals surface area contributed by atoms with Crippen molar-refractivity contribution in [2.45, 2.75) is 45.6 Å². The topological polar surface area (TPSA) is 84.9 Å². The van der Waals surface area contributed by atoms with E-state index in [2.05, 4.69) is 5.32 Å². The van der Waals surface area contributed by atoms with E-state index in [9.17, 15) is 14.4 Å². The fraction of sp³-hybridized carbons (Fsp3) is 0.526. The number of piperidine rings is 1. The predicted molar refractivity (Wildman–Crippen MR) is 95.7 cm³/mol. The smallest absolute Gasteiger partial charge is 0.238 e. The van der Waals surface area contributed by atoms with Crippen LogP contribution in [0.1, 0.15) is 49.9 Å². The second kappa shape index (κ2) is 7.86. The average molecular weight is 360 g/mol. The summed E-state index contributed by atoms with van der Waals surface area (Å²) in [5, 5.41) is 2.80. The van der Waals surface area contributed by atoms with Crippen molar-refractivity contribution in [3.8, 4) is 11.5 Å². The van der Waals surface area contributed by atoms with Crippen LogP contribution in [0.25, 0.3) is 0 Å². The number of Topliss-reactive ketones (excluding diaryl/α,β-unsaturated/α-hetero) is 2. The monoisotopic (exact) mass is 360 g/mol. The van der Waals surface area contributed by atoms with Gasteiger partial charge in [0.25, 0.3) is 0 Å². The van der Waals surface area contributed by atoms with Gasteiger partial charge in [-0.1, -0.05) is 13.3 Å². The minimum atomic E-state index is -0.248. The van der Waals surface area contributed by atoms with Crippen LogP contribution in [0.2, 0.25) is 0 Å². The Bertz CT molecular complexity index is 731. The van der Waals surface area contributed by atoms with Gasteiger partial charge in [0.1, 0.15) is 5.78 Å². The number of carbonyl (C=O) groups excluding carboxylic acids is 3. The quantitative estimate of drug-likeness (QED) is 0.784. The third-order valence-corrected chi connectivity index (χ3v) is 4.85. The molecule has 1 aromatic carbocycles. The molecule has 26 heavy (non-hydrogen) atoms. The first-order valence-corrected chi connectivity index (χ1v) is 9.00. The fourth-order valence-electron chi connectivity index (χ4n) is 3.49. The van der Waals surface area contributed by atoms with Gasteiger partial charge in [-0.25, -0.2) is 0 Å². The van der Waals surface area contributed by atoms with Gasteiger partial charge in [0.2, 0.25) is 12.7 Å². The lowest BCUT2D eigenvalue weighted by Gasteiger charge is -2.34. The number of ether oxygens (including phenoxy) is 2. The summed E-state index contributed by atoms with van der Waals surface area (Å²) in [6.45, 7) is 4.24. The van der Waals surface area contributed by atoms with E-state index in [0.29, 0.717) is 29.2 Å². The molecule has 1 unspecified atom stereocenters. The van der Waals surface area contributed by atoms with Crippen LogP contribution in [0.5, 0.6) is 11.5 Å². The zero-order valence-corrected chi connectivity index (χ0v) is 15.2. The van der Waals surface area contributed by atoms with E-state index in [0.717, 1.165) is 25.8 Å². The first kappa shape index (κ1) is 18.4. The van der Waals surface area contributed by atoms with E-state index in [4.69, 9.17) is 9.47 Å². The van der Waals surface area contributed by atoms with E-state index in [1.165, 1.54) is 6.92 Å². The highest BCUT2D eigenvalue weighted by molar-refractivity contribution is 6.05. The summed E-state index contributed by atoms with van der Waals surface area (Å²) in [5.41, 5.74) is 0.782. The molecule has 0 radical (unpaired) electrons. The van der Waals surface area contributed by atoms with E-state index >= 15 is 0 Å². The number of nitrogens with zero attached hydrogens (tertiary/aromatic N) is 1. The minimum absolute atomic E-state index is 0.0959. The van der Waals surface area contributed by atoms with Crippen LogP contribution >= 0.6 is 0 Å². The number of benzene rings is 1. The molecule has 2 aliphatic rings. The molecule has 140 valence electrons. The lowest BCUT2D eigenvalue weighted by atomic mass is 9.97. The molecular weight excluding hydrogens is 336 g/mol. The number of amides is 1. The third kappa shape index (κ3) is 3.88. The Morgan fingerprint density at radius 3 is 2.62 bits per heavy atom. The second-order valence-corrected chi connectivity index (χ2v) is 6.66. The van der Waals surface area contributed by atoms with Crippen LogP contribution in [0, 0.1) is 0 Å². The van der Waals surface area contributed by atoms with Gasteiger partial charge in [0.05, 0.1) is 18.3 Å². The SMILES string of the molecule is CCC(=O)C1CCCCN1CC(=O)Nc1cc2c(cc1C(C)=O)OCO2. The number of carbonyl (C=O) groups is 3. The van der Waals surface area contributed by atoms with Crippen molar-refractivity contribution < 1.29 is 23.9 Å². The molecule has 1 amide bonds. The van der Waals surface area contributed by atoms with Crippen LogP contribution in [0.3, 0.4) is 0 Å². The number of hydrogen-bond donors (Lipinski definition) is 1. The molecule has 1 atom stereocenters. The summed E-state index contributed by atoms with van der Waals surface area (Å²) in [7, 11) is 0. The maximum Gasteiger partial charge on any atom is 0.238 e. The van der Waals surface area contributed by atoms with Gasteiger partial charge < -0.3 is 14.8 Å². The van der Waals surface area contributed by atoms with Gasteiger partial charge in [0, 0.05) is 18.1 Å². The first-order valence-electron chi connectivity index (χ1n) is 9.00. The highest BCUT2D eigenvalue weighted by Crippen LogP contribution is 2.37. The molecule has 0 saturated carbocycles. The van der Waals surface area contributed by atoms with Crippen LogP contribution in [-0.2, 0) is 9.59 Å². The van der Waals surface area contributed by atoms with Crippen molar-refractivity contribution in [2.75, 3.05) is 25.2 Å². The molecule has 7 heteroatoms. The lowest BCUT2D eigenvalue weighted by molar-refractivity contribution is -0.127. The normalized spacial score (nSPS) is 19.2. The summed E-state index contributed by atoms with van der Waals surface area (Å²) in [4.78, 5) is 38.6. The van der Waals surface area contributed by atoms with Crippen LogP contribution in [0.15, 0.2) is 12.1 Å². The van der Waals surface area contributed by atoms with Crippen molar-refractivity contribution in [1.29, 1.82) is 0 Å². The third-order valence-electron chi connectivity index (χ3n) is 4.85. The molecule has 0 spiro atoms. The largest absolute Gasteiger partial charge is 0.454 e. The number of fused-ring (bicyclic) bond motifs is 1. The summed E-state index contributed by atoms with van der Waals surface area (Å²) in [6, 6.07) is 3.01. The summed E-state index contributed by atoms with van der Waals surface area (Å²) in [5.74, 6) is 0.753. The molecule has 3 rings (SSSR count). The minimum Gasteiger partial charge on any atom is -0.454 e. The van der Waals surface area contributed by atoms with Gasteiger partial charge >= 0.3 is 0 Å². The van der Waals surface area contributed by atoms with E-state index in [1.807, 2.05) is 11.8 Å². The number of rotatable bonds is 6. The predicted octanol–water partition coefficient (Wildman–Crippen LogP) is 2.39. The number of ketones is 2. The molecular formula is C19H24N2O5. The Hall–Kier alpha value is -2.41. The van der Waals surface area contributed by atoms with Crippen molar-refractivity contribution >= 4 is 23.2 Å². The fourth-order valence-corrected chi connectivity index (χ4v) is 3.49. The van der Waals surface area contributed by atoms with Gasteiger partial charge in [0.15, 0.2) is 17.3 Å². The molecule has 2 aliphatic heterocycles. The van der Waals surface area contributed by atoms with Crippen molar-refractivity contribution in [3.63, 3.8) is 0 Å². The molecule has 7 nitrogen and oxygen atoms in total. The van der Waals surface area contributed by atoms with Gasteiger partial charge in [-0.2, -0.15) is 0 Å². The van der Waals surface area contributed by atoms with Crippen LogP contribution in [0.4, 0.5) is 5.69 Å². The summed E-state index contributed by atoms with van der Waals surface area (Å²) in [6.07, 6.45) is 3.25. The van der Waals surface area contributed by atoms with Gasteiger partial charge in [-0.15, -0.1) is 0 Å². The van der Waals surface area contributed by atoms with Crippen molar-refractivity contribution in [1.82, 2.24) is 4.90 Å². The Morgan fingerprint density at radius 2 is 1.92 bits per heavy atom. The Kier molecular flexibility index (Phi) is 5.56. The summed E-state index contributed by atoms with van der Waals surface area (Å²) >= 11 is 0. The van der Waals surface area contributed by atoms with Crippen molar-refractivity contribution in [2.24, 2.45) is 0 Å². The van der Waals surface area contributed by atoms with Crippen LogP contribution < -0.4 is 14.8 Å². The first-order chi connectivity index (χ1) is 12.5. The molecule has 1 saturated heterocycles. The molecule has 1 N–H and O–H groups in total. The molecule has 2 heterocycles. The second-order valence-electron chi connectivity index (χ2n) is 6.66. The van der Waals surface area contributed by atoms with Gasteiger partial charge in [-0.05, 0) is 32.4 Å². The Morgan fingerprint density at radius 1 is 1.19 bits per heavy atom. The maximum atomic E-state index is 12.6. The van der Waals surface area contributed by atoms with Gasteiger partial charge in [-0.3, -0.25) is 19.3 Å². The standard InChI is InChI=1S/C19H24N2O5/c1-3-16(23)15-6-4-5-7-21(15)10-19(24)20-14-9-18-17(25-11-26-18)8-13(14)12(2)22/h8-9,15H,3-7,10-11H2,1-2H3,(H,20,24). The highest BCUT2D eigenvalue weighted by atomic mass is 16.7. The number of nitrogens with one attached hydrogen (secondary N) is 1. The maximum absolute atomic E-state index is 12.6. The zero-order valence-electron chi connectivity index (χ0n) is 15.2. The Labute approximate surface area is 152 Å². The molecule has 1 fully saturated rings. The van der Waals surface area contributed by atoms with Crippen molar-refractivity contribution in [3.05, 3.63) is 17.7 Å². The van der Waals surface area contributed by atoms with E-state index < -0.39 is 0 Å². The zero-order chi connectivity index (χ0) is 18.7. The summed E-state index contributed by atoms with van der Waals surface area (Å²) < 4.78 is 10.6. The molecule has 1 aromatic rings. The molecule has 0 aliphatic carbocycles. The number of anilines is 1. The van der Waals surface area contributed by atoms with E-state index in [1.54, 1.807) is 12.1 Å². The Balaban J connectivity index is 1.73. The molecule has 0 bridgehead atoms. The van der Waals surface area contributed by atoms with E-state index in [-0.39, 0.29) is 36.9 Å². The van der Waals surface area contributed by atoms with Crippen LogP contribution in [-0.4, -0.2) is 48.3 Å².